The maximum absolute atomic E-state index is 13.7. The molecule has 2 N–H and O–H groups in total. The number of amides is 1. The molecule has 1 atom stereocenters. The molecule has 1 aliphatic heterocycles. The Hall–Kier alpha value is -1.50. The van der Waals surface area contributed by atoms with E-state index in [0.717, 1.165) is 12.8 Å². The highest BCUT2D eigenvalue weighted by Crippen LogP contribution is 2.23. The van der Waals surface area contributed by atoms with Crippen LogP contribution in [0.3, 0.4) is 0 Å². The topological polar surface area (TPSA) is 72.1 Å². The fraction of sp³-hybridized carbons (Fsp3) is 0.438. The van der Waals surface area contributed by atoms with Crippen LogP contribution in [-0.2, 0) is 0 Å². The lowest BCUT2D eigenvalue weighted by atomic mass is 9.90. The number of carbonyl (C=O) groups is 1. The zero-order chi connectivity index (χ0) is 15.7. The predicted molar refractivity (Wildman–Crippen MR) is 96.3 cm³/mol. The number of hydrogen-bond donors (Lipinski definition) is 1. The molecule has 1 saturated heterocycles. The Balaban J connectivity index is 0.00000144. The Bertz CT molecular complexity index is 706. The zero-order valence-corrected chi connectivity index (χ0v) is 14.9. The lowest BCUT2D eigenvalue weighted by molar-refractivity contribution is 0.0682. The highest BCUT2D eigenvalue weighted by Gasteiger charge is 2.27. The number of hydrogen-bond acceptors (Lipinski definition) is 4. The fourth-order valence-corrected chi connectivity index (χ4v) is 3.00. The quantitative estimate of drug-likeness (QED) is 0.876. The summed E-state index contributed by atoms with van der Waals surface area (Å²) in [7, 11) is 0. The third-order valence-corrected chi connectivity index (χ3v) is 4.34. The maximum atomic E-state index is 13.7. The van der Waals surface area contributed by atoms with Gasteiger partial charge in [-0.3, -0.25) is 14.8 Å². The van der Waals surface area contributed by atoms with Gasteiger partial charge in [0.2, 0.25) is 0 Å². The van der Waals surface area contributed by atoms with Crippen molar-refractivity contribution in [3.8, 4) is 0 Å². The number of likely N-dealkylation sites (tertiary alicyclic amines) is 1. The first-order chi connectivity index (χ1) is 10.6. The van der Waals surface area contributed by atoms with Crippen LogP contribution in [0.1, 0.15) is 30.1 Å². The third kappa shape index (κ3) is 4.12. The summed E-state index contributed by atoms with van der Waals surface area (Å²) in [6.45, 7) is 3.28. The molecule has 1 aliphatic rings. The smallest absolute Gasteiger partial charge is 0.256 e. The zero-order valence-electron chi connectivity index (χ0n) is 13.3. The minimum absolute atomic E-state index is 0. The molecule has 24 heavy (non-hydrogen) atoms. The van der Waals surface area contributed by atoms with E-state index in [2.05, 4.69) is 9.97 Å². The molecule has 2 heterocycles. The van der Waals surface area contributed by atoms with Gasteiger partial charge < -0.3 is 10.6 Å². The van der Waals surface area contributed by atoms with Crippen molar-refractivity contribution in [3.63, 3.8) is 0 Å². The van der Waals surface area contributed by atoms with Crippen LogP contribution >= 0.6 is 24.8 Å². The Morgan fingerprint density at radius 2 is 1.88 bits per heavy atom. The van der Waals surface area contributed by atoms with Crippen LogP contribution in [-0.4, -0.2) is 39.9 Å². The van der Waals surface area contributed by atoms with E-state index in [1.807, 2.05) is 6.92 Å². The van der Waals surface area contributed by atoms with E-state index in [1.54, 1.807) is 4.90 Å². The molecule has 1 aromatic carbocycles. The van der Waals surface area contributed by atoms with Gasteiger partial charge in [0.1, 0.15) is 11.3 Å². The number of carbonyl (C=O) groups excluding carboxylic acids is 1. The summed E-state index contributed by atoms with van der Waals surface area (Å²) in [4.78, 5) is 22.7. The van der Waals surface area contributed by atoms with Gasteiger partial charge in [-0.1, -0.05) is 0 Å². The lowest BCUT2D eigenvalue weighted by Gasteiger charge is -2.33. The van der Waals surface area contributed by atoms with E-state index in [1.165, 1.54) is 24.5 Å². The van der Waals surface area contributed by atoms with Crippen LogP contribution in [0.5, 0.6) is 0 Å². The number of rotatable bonds is 2. The summed E-state index contributed by atoms with van der Waals surface area (Å²) in [5, 5.41) is 0. The minimum Gasteiger partial charge on any atom is -0.339 e. The summed E-state index contributed by atoms with van der Waals surface area (Å²) >= 11 is 0. The first-order valence-electron chi connectivity index (χ1n) is 7.51. The van der Waals surface area contributed by atoms with E-state index in [4.69, 9.17) is 5.73 Å². The minimum atomic E-state index is -0.471. The largest absolute Gasteiger partial charge is 0.339 e. The van der Waals surface area contributed by atoms with Crippen LogP contribution in [0, 0.1) is 11.7 Å². The van der Waals surface area contributed by atoms with Crippen molar-refractivity contribution in [2.45, 2.75) is 25.8 Å². The molecule has 8 heteroatoms. The highest BCUT2D eigenvalue weighted by molar-refractivity contribution is 6.04. The Morgan fingerprint density at radius 1 is 1.25 bits per heavy atom. The summed E-state index contributed by atoms with van der Waals surface area (Å²) in [5.41, 5.74) is 7.05. The third-order valence-electron chi connectivity index (χ3n) is 4.34. The molecule has 1 aromatic heterocycles. The normalized spacial score (nSPS) is 16.2. The second-order valence-corrected chi connectivity index (χ2v) is 5.87. The van der Waals surface area contributed by atoms with Gasteiger partial charge in [-0.2, -0.15) is 0 Å². The van der Waals surface area contributed by atoms with Gasteiger partial charge in [0.15, 0.2) is 0 Å². The molecule has 0 aliphatic carbocycles. The number of nitrogens with zero attached hydrogens (tertiary/aromatic N) is 3. The maximum Gasteiger partial charge on any atom is 0.256 e. The molecule has 0 bridgehead atoms. The second-order valence-electron chi connectivity index (χ2n) is 5.87. The molecular formula is C16H21Cl2FN4O. The van der Waals surface area contributed by atoms with E-state index in [0.29, 0.717) is 30.0 Å². The number of benzene rings is 1. The van der Waals surface area contributed by atoms with Gasteiger partial charge >= 0.3 is 0 Å². The van der Waals surface area contributed by atoms with Gasteiger partial charge in [-0.15, -0.1) is 24.8 Å². The predicted octanol–water partition coefficient (Wildman–Crippen LogP) is 2.81. The molecule has 1 fully saturated rings. The fourth-order valence-electron chi connectivity index (χ4n) is 3.00. The van der Waals surface area contributed by atoms with Crippen molar-refractivity contribution in [2.24, 2.45) is 11.7 Å². The van der Waals surface area contributed by atoms with E-state index in [-0.39, 0.29) is 42.3 Å². The number of fused-ring (bicyclic) bond motifs is 1. The van der Waals surface area contributed by atoms with E-state index >= 15 is 0 Å². The Labute approximate surface area is 152 Å². The van der Waals surface area contributed by atoms with Gasteiger partial charge in [0.25, 0.3) is 5.91 Å². The standard InChI is InChI=1S/C16H19FN4O.2ClH/c1-10(18)11-2-6-21(7-3-11)16(22)13-8-12(17)9-14-15(13)20-5-4-19-14;;/h4-5,8-11H,2-3,6-7,18H2,1H3;2*1H. The van der Waals surface area contributed by atoms with Gasteiger partial charge in [-0.05, 0) is 31.7 Å². The van der Waals surface area contributed by atoms with Crippen molar-refractivity contribution < 1.29 is 9.18 Å². The Morgan fingerprint density at radius 3 is 2.50 bits per heavy atom. The van der Waals surface area contributed by atoms with Crippen LogP contribution in [0.15, 0.2) is 24.5 Å². The molecule has 2 aromatic rings. The number of piperidine rings is 1. The molecule has 1 amide bonds. The van der Waals surface area contributed by atoms with Crippen molar-refractivity contribution in [2.75, 3.05) is 13.1 Å². The van der Waals surface area contributed by atoms with Crippen molar-refractivity contribution in [1.29, 1.82) is 0 Å². The number of aromatic nitrogens is 2. The summed E-state index contributed by atoms with van der Waals surface area (Å²) in [6, 6.07) is 2.68. The van der Waals surface area contributed by atoms with Crippen LogP contribution in [0.4, 0.5) is 4.39 Å². The molecule has 132 valence electrons. The summed E-state index contributed by atoms with van der Waals surface area (Å²) in [5.74, 6) is -0.219. The van der Waals surface area contributed by atoms with Crippen LogP contribution in [0.2, 0.25) is 0 Å². The van der Waals surface area contributed by atoms with Gasteiger partial charge in [0.05, 0.1) is 11.1 Å². The SMILES string of the molecule is CC(N)C1CCN(C(=O)c2cc(F)cc3nccnc23)CC1.Cl.Cl. The van der Waals surface area contributed by atoms with E-state index in [9.17, 15) is 9.18 Å². The molecule has 5 nitrogen and oxygen atoms in total. The number of nitrogens with two attached hydrogens (primary N) is 1. The molecule has 3 rings (SSSR count). The van der Waals surface area contributed by atoms with Crippen molar-refractivity contribution in [3.05, 3.63) is 35.9 Å². The summed E-state index contributed by atoms with van der Waals surface area (Å²) < 4.78 is 13.7. The molecule has 0 radical (unpaired) electrons. The number of halogens is 3. The average molecular weight is 375 g/mol. The highest BCUT2D eigenvalue weighted by atomic mass is 35.5. The van der Waals surface area contributed by atoms with Crippen LogP contribution in [0.25, 0.3) is 11.0 Å². The molecule has 0 spiro atoms. The summed E-state index contributed by atoms with van der Waals surface area (Å²) in [6.07, 6.45) is 4.76. The Kier molecular flexibility index (Phi) is 7.32. The van der Waals surface area contributed by atoms with Crippen molar-refractivity contribution >= 4 is 41.8 Å². The van der Waals surface area contributed by atoms with E-state index < -0.39 is 5.82 Å². The molecule has 1 unspecified atom stereocenters. The monoisotopic (exact) mass is 374 g/mol. The molecular weight excluding hydrogens is 354 g/mol. The van der Waals surface area contributed by atoms with Crippen molar-refractivity contribution in [1.82, 2.24) is 14.9 Å². The van der Waals surface area contributed by atoms with Gasteiger partial charge in [-0.25, -0.2) is 4.39 Å². The molecule has 0 saturated carbocycles. The van der Waals surface area contributed by atoms with Gasteiger partial charge in [0, 0.05) is 37.6 Å². The first-order valence-corrected chi connectivity index (χ1v) is 7.51. The second kappa shape index (κ2) is 8.55. The first kappa shape index (κ1) is 20.5. The average Bonchev–Trinajstić information content (AvgIpc) is 2.53. The lowest BCUT2D eigenvalue weighted by Crippen LogP contribution is -2.42. The van der Waals surface area contributed by atoms with Crippen LogP contribution < -0.4 is 5.73 Å².